The molecule has 0 heterocycles. The molecule has 0 amide bonds. The van der Waals surface area contributed by atoms with Crippen molar-refractivity contribution < 1.29 is 13.5 Å². The van der Waals surface area contributed by atoms with Crippen molar-refractivity contribution in [3.8, 4) is 16.9 Å². The normalized spacial score (nSPS) is 27.5. The maximum Gasteiger partial charge on any atom is 0.201 e. The quantitative estimate of drug-likeness (QED) is 0.602. The molecule has 3 heteroatoms. The van der Waals surface area contributed by atoms with E-state index in [0.717, 1.165) is 17.8 Å². The fraction of sp³-hybridized carbons (Fsp3) is 0.478. The van der Waals surface area contributed by atoms with E-state index < -0.39 is 11.6 Å². The van der Waals surface area contributed by atoms with E-state index in [9.17, 15) is 8.78 Å². The van der Waals surface area contributed by atoms with Crippen molar-refractivity contribution in [1.29, 1.82) is 0 Å². The van der Waals surface area contributed by atoms with Crippen LogP contribution in [0.2, 0.25) is 0 Å². The highest BCUT2D eigenvalue weighted by Gasteiger charge is 2.43. The Morgan fingerprint density at radius 2 is 1.62 bits per heavy atom. The van der Waals surface area contributed by atoms with E-state index in [1.54, 1.807) is 13.0 Å². The third-order valence-corrected chi connectivity index (χ3v) is 6.56. The van der Waals surface area contributed by atoms with Crippen molar-refractivity contribution in [2.75, 3.05) is 6.61 Å². The van der Waals surface area contributed by atoms with E-state index in [-0.39, 0.29) is 11.3 Å². The number of fused-ring (bicyclic) bond motifs is 1. The fourth-order valence-corrected chi connectivity index (χ4v) is 5.24. The van der Waals surface area contributed by atoms with Gasteiger partial charge in [-0.2, -0.15) is 4.39 Å². The summed E-state index contributed by atoms with van der Waals surface area (Å²) < 4.78 is 33.7. The number of hydrogen-bond acceptors (Lipinski definition) is 1. The standard InChI is InChI=1S/C23H26F2O/c1-3-26-21-13-12-19(22(24)23(21)25)16-7-5-15(6-8-16)18-11-10-17-14(2)4-9-20(17)18/h5-8,12-14,17-18,20H,3-4,9-11H2,1-2H3. The summed E-state index contributed by atoms with van der Waals surface area (Å²) in [7, 11) is 0. The summed E-state index contributed by atoms with van der Waals surface area (Å²) in [5.41, 5.74) is 2.35. The molecule has 4 rings (SSSR count). The molecule has 2 saturated carbocycles. The first kappa shape index (κ1) is 17.5. The van der Waals surface area contributed by atoms with Crippen LogP contribution in [0.4, 0.5) is 8.78 Å². The van der Waals surface area contributed by atoms with Crippen LogP contribution in [0.15, 0.2) is 36.4 Å². The Labute approximate surface area is 154 Å². The zero-order chi connectivity index (χ0) is 18.3. The van der Waals surface area contributed by atoms with Crippen LogP contribution in [0.3, 0.4) is 0 Å². The zero-order valence-corrected chi connectivity index (χ0v) is 15.5. The largest absolute Gasteiger partial charge is 0.491 e. The lowest BCUT2D eigenvalue weighted by Gasteiger charge is -2.20. The van der Waals surface area contributed by atoms with Crippen molar-refractivity contribution in [3.05, 3.63) is 53.6 Å². The molecule has 0 N–H and O–H groups in total. The lowest BCUT2D eigenvalue weighted by molar-refractivity contribution is 0.314. The van der Waals surface area contributed by atoms with Gasteiger partial charge in [-0.25, -0.2) is 4.39 Å². The van der Waals surface area contributed by atoms with Gasteiger partial charge in [0.1, 0.15) is 0 Å². The van der Waals surface area contributed by atoms with Gasteiger partial charge in [0.05, 0.1) is 6.61 Å². The van der Waals surface area contributed by atoms with Gasteiger partial charge >= 0.3 is 0 Å². The fourth-order valence-electron chi connectivity index (χ4n) is 5.24. The van der Waals surface area contributed by atoms with Crippen LogP contribution >= 0.6 is 0 Å². The molecule has 4 atom stereocenters. The van der Waals surface area contributed by atoms with E-state index in [2.05, 4.69) is 19.1 Å². The van der Waals surface area contributed by atoms with Gasteiger partial charge in [-0.1, -0.05) is 37.6 Å². The van der Waals surface area contributed by atoms with E-state index in [1.165, 1.54) is 37.3 Å². The minimum Gasteiger partial charge on any atom is -0.491 e. The summed E-state index contributed by atoms with van der Waals surface area (Å²) in [6.45, 7) is 4.45. The second kappa shape index (κ2) is 7.02. The highest BCUT2D eigenvalue weighted by Crippen LogP contribution is 2.54. The molecule has 26 heavy (non-hydrogen) atoms. The molecular formula is C23H26F2O. The molecule has 2 aromatic rings. The molecule has 2 aliphatic carbocycles. The molecule has 2 aliphatic rings. The highest BCUT2D eigenvalue weighted by molar-refractivity contribution is 5.65. The Bertz CT molecular complexity index is 784. The van der Waals surface area contributed by atoms with Crippen LogP contribution in [0.1, 0.15) is 51.0 Å². The first-order chi connectivity index (χ1) is 12.6. The number of halogens is 2. The van der Waals surface area contributed by atoms with Crippen molar-refractivity contribution in [2.24, 2.45) is 17.8 Å². The Hall–Kier alpha value is -1.90. The lowest BCUT2D eigenvalue weighted by Crippen LogP contribution is -2.10. The topological polar surface area (TPSA) is 9.23 Å². The maximum atomic E-state index is 14.4. The van der Waals surface area contributed by atoms with Gasteiger partial charge in [-0.05, 0) is 73.1 Å². The average molecular weight is 356 g/mol. The predicted molar refractivity (Wildman–Crippen MR) is 100 cm³/mol. The molecule has 0 aromatic heterocycles. The molecule has 0 radical (unpaired) electrons. The Balaban J connectivity index is 1.58. The molecule has 2 fully saturated rings. The first-order valence-electron chi connectivity index (χ1n) is 9.81. The molecule has 0 aliphatic heterocycles. The molecule has 0 bridgehead atoms. The Morgan fingerprint density at radius 1 is 0.885 bits per heavy atom. The Kier molecular flexibility index (Phi) is 4.73. The first-order valence-corrected chi connectivity index (χ1v) is 9.81. The second-order valence-electron chi connectivity index (χ2n) is 7.86. The van der Waals surface area contributed by atoms with Crippen molar-refractivity contribution in [1.82, 2.24) is 0 Å². The average Bonchev–Trinajstić information content (AvgIpc) is 3.23. The molecule has 0 spiro atoms. The van der Waals surface area contributed by atoms with Gasteiger partial charge < -0.3 is 4.74 Å². The summed E-state index contributed by atoms with van der Waals surface area (Å²) in [5, 5.41) is 0. The minimum absolute atomic E-state index is 0.0299. The van der Waals surface area contributed by atoms with E-state index >= 15 is 0 Å². The van der Waals surface area contributed by atoms with Gasteiger partial charge in [-0.15, -0.1) is 0 Å². The summed E-state index contributed by atoms with van der Waals surface area (Å²) in [6.07, 6.45) is 5.26. The molecule has 0 saturated heterocycles. The van der Waals surface area contributed by atoms with Crippen LogP contribution in [-0.4, -0.2) is 6.61 Å². The van der Waals surface area contributed by atoms with Crippen molar-refractivity contribution in [2.45, 2.75) is 45.4 Å². The van der Waals surface area contributed by atoms with Gasteiger partial charge in [0.2, 0.25) is 5.82 Å². The smallest absolute Gasteiger partial charge is 0.201 e. The van der Waals surface area contributed by atoms with Crippen LogP contribution in [0.25, 0.3) is 11.1 Å². The molecule has 2 aromatic carbocycles. The summed E-state index contributed by atoms with van der Waals surface area (Å²) in [6, 6.07) is 11.2. The molecule has 4 unspecified atom stereocenters. The minimum atomic E-state index is -0.910. The third-order valence-electron chi connectivity index (χ3n) is 6.56. The van der Waals surface area contributed by atoms with Crippen LogP contribution in [-0.2, 0) is 0 Å². The van der Waals surface area contributed by atoms with Gasteiger partial charge in [0, 0.05) is 5.56 Å². The molecular weight excluding hydrogens is 330 g/mol. The number of benzene rings is 2. The zero-order valence-electron chi connectivity index (χ0n) is 15.5. The predicted octanol–water partition coefficient (Wildman–Crippen LogP) is 6.57. The maximum absolute atomic E-state index is 14.4. The van der Waals surface area contributed by atoms with Gasteiger partial charge in [-0.3, -0.25) is 0 Å². The van der Waals surface area contributed by atoms with Crippen molar-refractivity contribution >= 4 is 0 Å². The van der Waals surface area contributed by atoms with E-state index in [1.807, 2.05) is 12.1 Å². The SMILES string of the molecule is CCOc1ccc(-c2ccc(C3CCC4C(C)CCC34)cc2)c(F)c1F. The number of ether oxygens (including phenoxy) is 1. The van der Waals surface area contributed by atoms with Gasteiger partial charge in [0.25, 0.3) is 0 Å². The third kappa shape index (κ3) is 2.91. The Morgan fingerprint density at radius 3 is 2.35 bits per heavy atom. The van der Waals surface area contributed by atoms with Crippen LogP contribution in [0, 0.1) is 29.4 Å². The van der Waals surface area contributed by atoms with Gasteiger partial charge in [0.15, 0.2) is 11.6 Å². The highest BCUT2D eigenvalue weighted by atomic mass is 19.2. The second-order valence-corrected chi connectivity index (χ2v) is 7.86. The number of hydrogen-bond donors (Lipinski definition) is 0. The molecule has 138 valence electrons. The van der Waals surface area contributed by atoms with Crippen molar-refractivity contribution in [3.63, 3.8) is 0 Å². The lowest BCUT2D eigenvalue weighted by atomic mass is 9.85. The molecule has 1 nitrogen and oxygen atoms in total. The van der Waals surface area contributed by atoms with Crippen LogP contribution < -0.4 is 4.74 Å². The van der Waals surface area contributed by atoms with Crippen LogP contribution in [0.5, 0.6) is 5.75 Å². The van der Waals surface area contributed by atoms with E-state index in [0.29, 0.717) is 18.1 Å². The van der Waals surface area contributed by atoms with E-state index in [4.69, 9.17) is 4.74 Å². The monoisotopic (exact) mass is 356 g/mol. The summed E-state index contributed by atoms with van der Waals surface area (Å²) >= 11 is 0. The number of rotatable bonds is 4. The summed E-state index contributed by atoms with van der Waals surface area (Å²) in [5.74, 6) is 1.37. The summed E-state index contributed by atoms with van der Waals surface area (Å²) in [4.78, 5) is 0.